The molecule has 0 saturated carbocycles. The van der Waals surface area contributed by atoms with Gasteiger partial charge in [-0.25, -0.2) is 9.97 Å². The molecule has 0 spiro atoms. The minimum atomic E-state index is -4.48. The lowest BCUT2D eigenvalue weighted by molar-refractivity contribution is -0.141. The Labute approximate surface area is 167 Å². The first-order valence-corrected chi connectivity index (χ1v) is 9.37. The van der Waals surface area contributed by atoms with E-state index in [9.17, 15) is 13.2 Å². The lowest BCUT2D eigenvalue weighted by Crippen LogP contribution is -2.53. The van der Waals surface area contributed by atoms with Gasteiger partial charge in [0, 0.05) is 58.2 Å². The fourth-order valence-electron chi connectivity index (χ4n) is 3.10. The summed E-state index contributed by atoms with van der Waals surface area (Å²) in [6.45, 7) is 4.29. The Morgan fingerprint density at radius 2 is 1.79 bits per heavy atom. The fourth-order valence-corrected chi connectivity index (χ4v) is 3.10. The maximum absolute atomic E-state index is 12.7. The molecule has 0 amide bonds. The van der Waals surface area contributed by atoms with Crippen LogP contribution in [0.4, 0.5) is 24.8 Å². The summed E-state index contributed by atoms with van der Waals surface area (Å²) in [5.74, 6) is 0.720. The molecule has 1 aromatic carbocycles. The number of nitrogens with one attached hydrogen (secondary N) is 2. The Bertz CT molecular complexity index is 803. The normalized spacial score (nSPS) is 15.4. The van der Waals surface area contributed by atoms with Crippen molar-refractivity contribution >= 4 is 17.6 Å². The summed E-state index contributed by atoms with van der Waals surface area (Å²) in [6.07, 6.45) is -3.39. The molecule has 156 valence electrons. The maximum Gasteiger partial charge on any atom is 0.433 e. The largest absolute Gasteiger partial charge is 0.433 e. The third-order valence-electron chi connectivity index (χ3n) is 4.55. The van der Waals surface area contributed by atoms with Gasteiger partial charge in [-0.05, 0) is 18.2 Å². The number of aromatic nitrogens is 2. The molecule has 7 nitrogen and oxygen atoms in total. The molecule has 10 heteroatoms. The Hall–Kier alpha value is -3.04. The van der Waals surface area contributed by atoms with Crippen LogP contribution in [0.15, 0.2) is 47.6 Å². The third-order valence-corrected chi connectivity index (χ3v) is 4.55. The summed E-state index contributed by atoms with van der Waals surface area (Å²) in [7, 11) is 1.72. The zero-order valence-corrected chi connectivity index (χ0v) is 16.2. The van der Waals surface area contributed by atoms with Crippen LogP contribution in [0.3, 0.4) is 0 Å². The van der Waals surface area contributed by atoms with E-state index in [0.717, 1.165) is 44.4 Å². The number of guanidine groups is 1. The van der Waals surface area contributed by atoms with Crippen LogP contribution in [0.2, 0.25) is 0 Å². The van der Waals surface area contributed by atoms with Gasteiger partial charge in [0.1, 0.15) is 5.69 Å². The smallest absolute Gasteiger partial charge is 0.368 e. The lowest BCUT2D eigenvalue weighted by Gasteiger charge is -2.37. The Kier molecular flexibility index (Phi) is 6.73. The van der Waals surface area contributed by atoms with Gasteiger partial charge in [0.25, 0.3) is 0 Å². The number of hydrogen-bond acceptors (Lipinski definition) is 5. The van der Waals surface area contributed by atoms with Gasteiger partial charge >= 0.3 is 6.18 Å². The topological polar surface area (TPSA) is 68.7 Å². The van der Waals surface area contributed by atoms with Crippen LogP contribution in [-0.2, 0) is 6.18 Å². The van der Waals surface area contributed by atoms with Crippen molar-refractivity contribution in [3.63, 3.8) is 0 Å². The van der Waals surface area contributed by atoms with Crippen molar-refractivity contribution < 1.29 is 13.2 Å². The van der Waals surface area contributed by atoms with Crippen molar-refractivity contribution in [2.75, 3.05) is 56.5 Å². The van der Waals surface area contributed by atoms with Crippen LogP contribution < -0.4 is 15.5 Å². The van der Waals surface area contributed by atoms with E-state index < -0.39 is 11.9 Å². The molecule has 1 aliphatic heterocycles. The van der Waals surface area contributed by atoms with E-state index in [2.05, 4.69) is 47.5 Å². The Morgan fingerprint density at radius 3 is 2.45 bits per heavy atom. The molecule has 1 fully saturated rings. The quantitative estimate of drug-likeness (QED) is 0.450. The highest BCUT2D eigenvalue weighted by Crippen LogP contribution is 2.27. The summed E-state index contributed by atoms with van der Waals surface area (Å²) in [4.78, 5) is 16.1. The van der Waals surface area contributed by atoms with E-state index >= 15 is 0 Å². The fraction of sp³-hybridized carbons (Fsp3) is 0.421. The molecule has 0 bridgehead atoms. The van der Waals surface area contributed by atoms with Crippen molar-refractivity contribution in [3.05, 3.63) is 48.3 Å². The minimum absolute atomic E-state index is 0.0481. The molecule has 2 aromatic rings. The van der Waals surface area contributed by atoms with Gasteiger partial charge in [-0.1, -0.05) is 18.2 Å². The van der Waals surface area contributed by atoms with Gasteiger partial charge in [-0.15, -0.1) is 0 Å². The van der Waals surface area contributed by atoms with Crippen molar-refractivity contribution in [1.29, 1.82) is 0 Å². The van der Waals surface area contributed by atoms with Gasteiger partial charge in [0.2, 0.25) is 5.95 Å². The van der Waals surface area contributed by atoms with Crippen LogP contribution in [0.25, 0.3) is 0 Å². The van der Waals surface area contributed by atoms with E-state index in [1.165, 1.54) is 5.69 Å². The Balaban J connectivity index is 1.43. The molecule has 0 aliphatic carbocycles. The number of halogens is 3. The van der Waals surface area contributed by atoms with Crippen LogP contribution in [0.5, 0.6) is 0 Å². The summed E-state index contributed by atoms with van der Waals surface area (Å²) in [5.41, 5.74) is 0.246. The number of piperazine rings is 1. The summed E-state index contributed by atoms with van der Waals surface area (Å²) < 4.78 is 38.1. The second-order valence-electron chi connectivity index (χ2n) is 6.47. The van der Waals surface area contributed by atoms with Gasteiger partial charge < -0.3 is 20.4 Å². The third kappa shape index (κ3) is 5.72. The second kappa shape index (κ2) is 9.44. The van der Waals surface area contributed by atoms with Gasteiger partial charge in [0.05, 0.1) is 0 Å². The van der Waals surface area contributed by atoms with Crippen molar-refractivity contribution in [2.45, 2.75) is 6.18 Å². The highest BCUT2D eigenvalue weighted by molar-refractivity contribution is 5.80. The van der Waals surface area contributed by atoms with Gasteiger partial charge in [-0.2, -0.15) is 13.2 Å². The van der Waals surface area contributed by atoms with Crippen molar-refractivity contribution in [2.24, 2.45) is 4.99 Å². The predicted octanol–water partition coefficient (Wildman–Crippen LogP) is 2.30. The standard InChI is InChI=1S/C19H24F3N7/c1-23-18(29-13-11-28(12-14-29)15-5-3-2-4-6-15)26-10-9-25-17-24-8-7-16(27-17)19(20,21)22/h2-8H,9-14H2,1H3,(H,23,26)(H,24,25,27). The van der Waals surface area contributed by atoms with Crippen LogP contribution in [0, 0.1) is 0 Å². The molecular formula is C19H24F3N7. The minimum Gasteiger partial charge on any atom is -0.368 e. The SMILES string of the molecule is CN=C(NCCNc1nccc(C(F)(F)F)n1)N1CCN(c2ccccc2)CC1. The van der Waals surface area contributed by atoms with E-state index in [0.29, 0.717) is 13.1 Å². The van der Waals surface area contributed by atoms with E-state index in [4.69, 9.17) is 0 Å². The molecular weight excluding hydrogens is 383 g/mol. The summed E-state index contributed by atoms with van der Waals surface area (Å²) in [5, 5.41) is 6.03. The first-order chi connectivity index (χ1) is 14.0. The molecule has 2 N–H and O–H groups in total. The molecule has 2 heterocycles. The number of para-hydroxylation sites is 1. The average Bonchev–Trinajstić information content (AvgIpc) is 2.74. The number of anilines is 2. The molecule has 1 aromatic heterocycles. The highest BCUT2D eigenvalue weighted by atomic mass is 19.4. The molecule has 0 atom stereocenters. The van der Waals surface area contributed by atoms with Crippen LogP contribution >= 0.6 is 0 Å². The average molecular weight is 407 g/mol. The molecule has 3 rings (SSSR count). The number of hydrogen-bond donors (Lipinski definition) is 2. The predicted molar refractivity (Wildman–Crippen MR) is 107 cm³/mol. The zero-order valence-electron chi connectivity index (χ0n) is 16.2. The van der Waals surface area contributed by atoms with Gasteiger partial charge in [-0.3, -0.25) is 4.99 Å². The molecule has 0 radical (unpaired) electrons. The first kappa shape index (κ1) is 20.7. The van der Waals surface area contributed by atoms with Crippen molar-refractivity contribution in [1.82, 2.24) is 20.2 Å². The number of nitrogens with zero attached hydrogens (tertiary/aromatic N) is 5. The summed E-state index contributed by atoms with van der Waals surface area (Å²) >= 11 is 0. The molecule has 1 saturated heterocycles. The molecule has 0 unspecified atom stereocenters. The first-order valence-electron chi connectivity index (χ1n) is 9.37. The highest BCUT2D eigenvalue weighted by Gasteiger charge is 2.32. The van der Waals surface area contributed by atoms with E-state index in [1.807, 2.05) is 18.2 Å². The molecule has 1 aliphatic rings. The lowest BCUT2D eigenvalue weighted by atomic mass is 10.2. The van der Waals surface area contributed by atoms with Crippen LogP contribution in [-0.4, -0.2) is 67.1 Å². The number of rotatable bonds is 5. The van der Waals surface area contributed by atoms with E-state index in [1.54, 1.807) is 7.05 Å². The zero-order chi connectivity index (χ0) is 20.7. The monoisotopic (exact) mass is 407 g/mol. The number of alkyl halides is 3. The maximum atomic E-state index is 12.7. The second-order valence-corrected chi connectivity index (χ2v) is 6.47. The van der Waals surface area contributed by atoms with Crippen LogP contribution in [0.1, 0.15) is 5.69 Å². The Morgan fingerprint density at radius 1 is 1.07 bits per heavy atom. The van der Waals surface area contributed by atoms with Gasteiger partial charge in [0.15, 0.2) is 5.96 Å². The number of aliphatic imine (C=N–C) groups is 1. The van der Waals surface area contributed by atoms with Crippen molar-refractivity contribution in [3.8, 4) is 0 Å². The number of benzene rings is 1. The summed E-state index contributed by atoms with van der Waals surface area (Å²) in [6, 6.07) is 11.1. The molecule has 29 heavy (non-hydrogen) atoms. The van der Waals surface area contributed by atoms with E-state index in [-0.39, 0.29) is 5.95 Å².